The molecular formula is C47H47NS4. The average molecular weight is 754 g/mol. The quantitative estimate of drug-likeness (QED) is 0.100. The summed E-state index contributed by atoms with van der Waals surface area (Å²) < 4.78 is 2.98. The van der Waals surface area contributed by atoms with Crippen molar-refractivity contribution in [2.24, 2.45) is 0 Å². The number of hydrogen-bond acceptors (Lipinski definition) is 5. The van der Waals surface area contributed by atoms with Crippen molar-refractivity contribution in [3.63, 3.8) is 0 Å². The number of fused-ring (bicyclic) bond motifs is 6. The average Bonchev–Trinajstić information content (AvgIpc) is 4.02. The van der Waals surface area contributed by atoms with Gasteiger partial charge in [-0.05, 0) is 102 Å². The second-order valence-corrected chi connectivity index (χ2v) is 18.9. The molecule has 6 aromatic rings. The Morgan fingerprint density at radius 1 is 0.673 bits per heavy atom. The predicted octanol–water partition coefficient (Wildman–Crippen LogP) is 15.6. The third kappa shape index (κ3) is 6.42. The largest absolute Gasteiger partial charge is 0.333 e. The van der Waals surface area contributed by atoms with E-state index in [2.05, 4.69) is 122 Å². The van der Waals surface area contributed by atoms with E-state index in [1.807, 2.05) is 45.3 Å². The summed E-state index contributed by atoms with van der Waals surface area (Å²) in [5.41, 5.74) is 10.0. The van der Waals surface area contributed by atoms with Crippen LogP contribution in [0, 0.1) is 0 Å². The Kier molecular flexibility index (Phi) is 9.96. The molecule has 2 atom stereocenters. The number of allylic oxidation sites excluding steroid dienone is 3. The molecular weight excluding hydrogens is 707 g/mol. The Morgan fingerprint density at radius 2 is 1.38 bits per heavy atom. The number of para-hydroxylation sites is 1. The lowest BCUT2D eigenvalue weighted by Crippen LogP contribution is -2.28. The molecule has 3 aliphatic rings. The molecule has 9 rings (SSSR count). The summed E-state index contributed by atoms with van der Waals surface area (Å²) in [6.07, 6.45) is 27.6. The van der Waals surface area contributed by atoms with E-state index >= 15 is 0 Å². The van der Waals surface area contributed by atoms with Crippen LogP contribution in [-0.4, -0.2) is 6.04 Å². The van der Waals surface area contributed by atoms with Crippen molar-refractivity contribution in [3.05, 3.63) is 124 Å². The van der Waals surface area contributed by atoms with Gasteiger partial charge in [-0.2, -0.15) is 0 Å². The van der Waals surface area contributed by atoms with E-state index < -0.39 is 0 Å². The second-order valence-electron chi connectivity index (χ2n) is 14.7. The number of rotatable bonds is 14. The van der Waals surface area contributed by atoms with Gasteiger partial charge in [0.15, 0.2) is 0 Å². The van der Waals surface area contributed by atoms with Crippen molar-refractivity contribution < 1.29 is 0 Å². The van der Waals surface area contributed by atoms with Gasteiger partial charge in [0, 0.05) is 56.0 Å². The molecule has 2 aromatic carbocycles. The Morgan fingerprint density at radius 3 is 2.19 bits per heavy atom. The molecule has 5 heteroatoms. The number of thiophene rings is 4. The highest BCUT2D eigenvalue weighted by atomic mass is 32.1. The van der Waals surface area contributed by atoms with Gasteiger partial charge < -0.3 is 4.90 Å². The van der Waals surface area contributed by atoms with Crippen LogP contribution in [0.25, 0.3) is 45.4 Å². The standard InChI is InChI=1S/C47H47NS4/c1-3-5-7-9-16-32-29-43(46-33(17-10-8-6-4-2)28-41(50-46)42-30-44-47(51-42)37-20-15-23-40(37)49-44)52-45(32)31-24-26-34(27-25-31)48-38-21-13-11-18-35(38)36-19-12-14-22-39(36)48/h11-15,18-19,21-30,35,38H,3-10,16-17,20H2,1-2H3. The topological polar surface area (TPSA) is 3.24 Å². The van der Waals surface area contributed by atoms with Gasteiger partial charge in [-0.15, -0.1) is 45.3 Å². The molecule has 1 aliphatic heterocycles. The number of aryl methyl sites for hydroxylation is 2. The van der Waals surface area contributed by atoms with E-state index in [-0.39, 0.29) is 0 Å². The molecule has 2 unspecified atom stereocenters. The van der Waals surface area contributed by atoms with Gasteiger partial charge in [0.25, 0.3) is 0 Å². The van der Waals surface area contributed by atoms with E-state index in [0.717, 1.165) is 12.8 Å². The molecule has 0 N–H and O–H groups in total. The molecule has 5 heterocycles. The zero-order valence-electron chi connectivity index (χ0n) is 30.3. The maximum atomic E-state index is 2.58. The summed E-state index contributed by atoms with van der Waals surface area (Å²) in [5, 5.41) is 0. The molecule has 0 amide bonds. The predicted molar refractivity (Wildman–Crippen MR) is 234 cm³/mol. The smallest absolute Gasteiger partial charge is 0.0629 e. The lowest BCUT2D eigenvalue weighted by Gasteiger charge is -2.28. The van der Waals surface area contributed by atoms with E-state index in [0.29, 0.717) is 12.0 Å². The van der Waals surface area contributed by atoms with Gasteiger partial charge >= 0.3 is 0 Å². The first-order valence-electron chi connectivity index (χ1n) is 19.5. The third-order valence-corrected chi connectivity index (χ3v) is 16.4. The van der Waals surface area contributed by atoms with Crippen LogP contribution in [0.3, 0.4) is 0 Å². The van der Waals surface area contributed by atoms with Crippen LogP contribution < -0.4 is 4.90 Å². The summed E-state index contributed by atoms with van der Waals surface area (Å²) in [7, 11) is 0. The third-order valence-electron chi connectivity index (χ3n) is 11.1. The molecule has 4 aromatic heterocycles. The van der Waals surface area contributed by atoms with E-state index in [4.69, 9.17) is 0 Å². The molecule has 2 aliphatic carbocycles. The Bertz CT molecular complexity index is 2280. The fourth-order valence-corrected chi connectivity index (χ4v) is 13.7. The summed E-state index contributed by atoms with van der Waals surface area (Å²) in [5.74, 6) is 0.408. The summed E-state index contributed by atoms with van der Waals surface area (Å²) in [6.45, 7) is 4.63. The van der Waals surface area contributed by atoms with Crippen LogP contribution in [0.4, 0.5) is 11.4 Å². The van der Waals surface area contributed by atoms with E-state index in [9.17, 15) is 0 Å². The first-order chi connectivity index (χ1) is 25.7. The minimum absolute atomic E-state index is 0.330. The second kappa shape index (κ2) is 15.1. The number of benzene rings is 2. The minimum atomic E-state index is 0.330. The fourth-order valence-electron chi connectivity index (χ4n) is 8.45. The summed E-state index contributed by atoms with van der Waals surface area (Å²) in [6, 6.07) is 26.5. The van der Waals surface area contributed by atoms with Crippen molar-refractivity contribution >= 4 is 72.2 Å². The number of hydrogen-bond donors (Lipinski definition) is 0. The van der Waals surface area contributed by atoms with Gasteiger partial charge in [-0.1, -0.05) is 113 Å². The van der Waals surface area contributed by atoms with Gasteiger partial charge in [-0.3, -0.25) is 0 Å². The molecule has 52 heavy (non-hydrogen) atoms. The van der Waals surface area contributed by atoms with E-state index in [1.165, 1.54) is 125 Å². The fraction of sp³-hybridized carbons (Fsp3) is 0.319. The van der Waals surface area contributed by atoms with Crippen LogP contribution in [0.1, 0.15) is 98.3 Å². The van der Waals surface area contributed by atoms with Crippen molar-refractivity contribution in [2.75, 3.05) is 4.90 Å². The van der Waals surface area contributed by atoms with Crippen molar-refractivity contribution in [1.29, 1.82) is 0 Å². The van der Waals surface area contributed by atoms with Crippen LogP contribution in [0.5, 0.6) is 0 Å². The molecule has 0 radical (unpaired) electrons. The number of unbranched alkanes of at least 4 members (excludes halogenated alkanes) is 6. The van der Waals surface area contributed by atoms with Crippen molar-refractivity contribution in [3.8, 4) is 29.9 Å². The molecule has 0 bridgehead atoms. The SMILES string of the molecule is CCCCCCc1cc(-c2sc(-c3cc4sc5c(c4s3)CC=C5)cc2CCCCCC)sc1-c1ccc(N2c3ccccc3C3C=CC=CC32)cc1. The van der Waals surface area contributed by atoms with Gasteiger partial charge in [-0.25, -0.2) is 0 Å². The van der Waals surface area contributed by atoms with E-state index in [1.54, 1.807) is 11.1 Å². The van der Waals surface area contributed by atoms with Crippen LogP contribution in [0.15, 0.2) is 97.1 Å². The first-order valence-corrected chi connectivity index (χ1v) is 22.8. The maximum absolute atomic E-state index is 2.58. The lowest BCUT2D eigenvalue weighted by atomic mass is 9.91. The zero-order valence-corrected chi connectivity index (χ0v) is 33.6. The highest BCUT2D eigenvalue weighted by Crippen LogP contribution is 2.51. The molecule has 264 valence electrons. The van der Waals surface area contributed by atoms with Gasteiger partial charge in [0.2, 0.25) is 0 Å². The maximum Gasteiger partial charge on any atom is 0.0629 e. The van der Waals surface area contributed by atoms with Gasteiger partial charge in [0.1, 0.15) is 0 Å². The van der Waals surface area contributed by atoms with Crippen LogP contribution in [-0.2, 0) is 19.3 Å². The van der Waals surface area contributed by atoms with Crippen molar-refractivity contribution in [2.45, 2.75) is 96.4 Å². The number of nitrogens with zero attached hydrogens (tertiary/aromatic N) is 1. The molecule has 0 fully saturated rings. The highest BCUT2D eigenvalue weighted by Gasteiger charge is 2.37. The van der Waals surface area contributed by atoms with Crippen LogP contribution in [0.2, 0.25) is 0 Å². The van der Waals surface area contributed by atoms with Gasteiger partial charge in [0.05, 0.1) is 6.04 Å². The Balaban J connectivity index is 1.07. The summed E-state index contributed by atoms with van der Waals surface area (Å²) >= 11 is 8.08. The molecule has 0 saturated carbocycles. The lowest BCUT2D eigenvalue weighted by molar-refractivity contribution is 0.667. The molecule has 1 nitrogen and oxygen atoms in total. The summed E-state index contributed by atoms with van der Waals surface area (Å²) in [4.78, 5) is 11.4. The zero-order chi connectivity index (χ0) is 35.0. The van der Waals surface area contributed by atoms with Crippen LogP contribution >= 0.6 is 45.3 Å². The van der Waals surface area contributed by atoms with Crippen molar-refractivity contribution in [1.82, 2.24) is 0 Å². The Labute approximate surface area is 325 Å². The molecule has 0 saturated heterocycles. The normalized spacial score (nSPS) is 17.1. The number of anilines is 2. The monoisotopic (exact) mass is 753 g/mol. The molecule has 0 spiro atoms. The first kappa shape index (κ1) is 34.3. The highest BCUT2D eigenvalue weighted by molar-refractivity contribution is 7.32. The Hall–Kier alpha value is -3.48. The minimum Gasteiger partial charge on any atom is -0.333 e.